The number of nitrogens with two attached hydrogens (primary N) is 1. The summed E-state index contributed by atoms with van der Waals surface area (Å²) in [5.74, 6) is 0.925. The average molecular weight is 386 g/mol. The molecule has 4 rings (SSSR count). The van der Waals surface area contributed by atoms with E-state index in [1.54, 1.807) is 7.11 Å². The first-order valence-corrected chi connectivity index (χ1v) is 9.56. The minimum Gasteiger partial charge on any atom is -0.496 e. The summed E-state index contributed by atoms with van der Waals surface area (Å²) >= 11 is 0. The number of benzene rings is 2. The summed E-state index contributed by atoms with van der Waals surface area (Å²) in [5, 5.41) is 9.74. The number of ketones is 1. The highest BCUT2D eigenvalue weighted by Gasteiger charge is 2.40. The minimum absolute atomic E-state index is 0.00109. The Bertz CT molecular complexity index is 1080. The first-order valence-electron chi connectivity index (χ1n) is 9.56. The van der Waals surface area contributed by atoms with Gasteiger partial charge in [0.1, 0.15) is 23.2 Å². The Morgan fingerprint density at radius 2 is 1.90 bits per heavy atom. The second-order valence-electron chi connectivity index (χ2n) is 7.43. The van der Waals surface area contributed by atoms with Crippen molar-refractivity contribution in [3.05, 3.63) is 88.0 Å². The second-order valence-corrected chi connectivity index (χ2v) is 7.43. The maximum atomic E-state index is 13.2. The number of nitriles is 1. The zero-order valence-electron chi connectivity index (χ0n) is 16.4. The molecule has 0 amide bonds. The molecule has 5 heteroatoms. The van der Waals surface area contributed by atoms with Crippen molar-refractivity contribution in [1.82, 2.24) is 0 Å². The molecule has 0 saturated carbocycles. The monoisotopic (exact) mass is 386 g/mol. The molecule has 0 radical (unpaired) electrons. The van der Waals surface area contributed by atoms with E-state index in [4.69, 9.17) is 15.2 Å². The van der Waals surface area contributed by atoms with Gasteiger partial charge in [0.25, 0.3) is 0 Å². The zero-order valence-corrected chi connectivity index (χ0v) is 16.4. The Morgan fingerprint density at radius 3 is 2.55 bits per heavy atom. The smallest absolute Gasteiger partial charge is 0.205 e. The van der Waals surface area contributed by atoms with Gasteiger partial charge in [-0.05, 0) is 35.6 Å². The van der Waals surface area contributed by atoms with Crippen LogP contribution in [-0.4, -0.2) is 12.9 Å². The van der Waals surface area contributed by atoms with Gasteiger partial charge in [0.15, 0.2) is 5.78 Å². The van der Waals surface area contributed by atoms with E-state index >= 15 is 0 Å². The van der Waals surface area contributed by atoms with Crippen LogP contribution in [-0.2, 0) is 9.53 Å². The van der Waals surface area contributed by atoms with Gasteiger partial charge in [-0.25, -0.2) is 0 Å². The van der Waals surface area contributed by atoms with Crippen molar-refractivity contribution in [3.63, 3.8) is 0 Å². The van der Waals surface area contributed by atoms with E-state index in [1.807, 2.05) is 55.5 Å². The fourth-order valence-corrected chi connectivity index (χ4v) is 4.28. The van der Waals surface area contributed by atoms with E-state index in [9.17, 15) is 10.1 Å². The Morgan fingerprint density at radius 1 is 1.14 bits per heavy atom. The summed E-state index contributed by atoms with van der Waals surface area (Å²) in [6.07, 6.45) is 0.965. The maximum Gasteiger partial charge on any atom is 0.205 e. The van der Waals surface area contributed by atoms with Crippen LogP contribution in [0.25, 0.3) is 0 Å². The Labute approximate surface area is 170 Å². The summed E-state index contributed by atoms with van der Waals surface area (Å²) in [5.41, 5.74) is 9.81. The van der Waals surface area contributed by atoms with Crippen LogP contribution in [0.15, 0.2) is 71.3 Å². The molecule has 1 aliphatic carbocycles. The van der Waals surface area contributed by atoms with Gasteiger partial charge in [0, 0.05) is 18.4 Å². The SMILES string of the molecule is COc1ccc(C2C(C#N)=C(N)OC3=C2C(=O)CC(c2ccccc2)C3)cc1C. The largest absolute Gasteiger partial charge is 0.496 e. The Kier molecular flexibility index (Phi) is 4.85. The number of aryl methyl sites for hydroxylation is 1. The van der Waals surface area contributed by atoms with Gasteiger partial charge in [-0.3, -0.25) is 4.79 Å². The molecule has 2 unspecified atom stereocenters. The Balaban J connectivity index is 1.80. The fourth-order valence-electron chi connectivity index (χ4n) is 4.28. The topological polar surface area (TPSA) is 85.3 Å². The molecule has 29 heavy (non-hydrogen) atoms. The number of carbonyl (C=O) groups excluding carboxylic acids is 1. The maximum absolute atomic E-state index is 13.2. The van der Waals surface area contributed by atoms with Crippen LogP contribution < -0.4 is 10.5 Å². The van der Waals surface area contributed by atoms with Crippen molar-refractivity contribution < 1.29 is 14.3 Å². The van der Waals surface area contributed by atoms with Crippen LogP contribution in [0.4, 0.5) is 0 Å². The molecule has 0 bridgehead atoms. The predicted octanol–water partition coefficient (Wildman–Crippen LogP) is 4.21. The third-order valence-electron chi connectivity index (χ3n) is 5.68. The number of hydrogen-bond acceptors (Lipinski definition) is 5. The lowest BCUT2D eigenvalue weighted by molar-refractivity contribution is -0.117. The molecule has 0 fully saturated rings. The zero-order chi connectivity index (χ0) is 20.5. The molecule has 146 valence electrons. The standard InChI is InChI=1S/C24H22N2O3/c1-14-10-16(8-9-20(14)28-2)22-18(13-25)24(26)29-21-12-17(11-19(27)23(21)22)15-6-4-3-5-7-15/h3-10,17,22H,11-12,26H2,1-2H3. The van der Waals surface area contributed by atoms with Crippen LogP contribution in [0.2, 0.25) is 0 Å². The molecular weight excluding hydrogens is 364 g/mol. The third-order valence-corrected chi connectivity index (χ3v) is 5.68. The molecule has 2 N–H and O–H groups in total. The molecule has 2 aromatic rings. The van der Waals surface area contributed by atoms with Gasteiger partial charge in [-0.1, -0.05) is 42.5 Å². The fraction of sp³-hybridized carbons (Fsp3) is 0.250. The quantitative estimate of drug-likeness (QED) is 0.854. The van der Waals surface area contributed by atoms with Gasteiger partial charge in [-0.2, -0.15) is 5.26 Å². The van der Waals surface area contributed by atoms with Crippen molar-refractivity contribution >= 4 is 5.78 Å². The molecule has 2 atom stereocenters. The highest BCUT2D eigenvalue weighted by Crippen LogP contribution is 2.47. The minimum atomic E-state index is -0.516. The van der Waals surface area contributed by atoms with Crippen molar-refractivity contribution in [1.29, 1.82) is 5.26 Å². The number of nitrogens with zero attached hydrogens (tertiary/aromatic N) is 1. The van der Waals surface area contributed by atoms with E-state index in [1.165, 1.54) is 0 Å². The van der Waals surface area contributed by atoms with E-state index in [2.05, 4.69) is 6.07 Å². The van der Waals surface area contributed by atoms with Crippen molar-refractivity contribution in [2.45, 2.75) is 31.6 Å². The molecule has 2 aliphatic rings. The number of ether oxygens (including phenoxy) is 2. The first kappa shape index (κ1) is 18.8. The molecule has 0 spiro atoms. The molecule has 0 saturated heterocycles. The first-order chi connectivity index (χ1) is 14.0. The van der Waals surface area contributed by atoms with E-state index < -0.39 is 5.92 Å². The second kappa shape index (κ2) is 7.48. The van der Waals surface area contributed by atoms with E-state index in [0.29, 0.717) is 24.2 Å². The highest BCUT2D eigenvalue weighted by atomic mass is 16.5. The Hall–Kier alpha value is -3.52. The average Bonchev–Trinajstić information content (AvgIpc) is 2.73. The van der Waals surface area contributed by atoms with E-state index in [0.717, 1.165) is 22.4 Å². The van der Waals surface area contributed by atoms with Gasteiger partial charge in [0.2, 0.25) is 5.88 Å². The molecule has 5 nitrogen and oxygen atoms in total. The van der Waals surface area contributed by atoms with Gasteiger partial charge in [-0.15, -0.1) is 0 Å². The summed E-state index contributed by atoms with van der Waals surface area (Å²) < 4.78 is 11.2. The predicted molar refractivity (Wildman–Crippen MR) is 109 cm³/mol. The van der Waals surface area contributed by atoms with Gasteiger partial charge < -0.3 is 15.2 Å². The van der Waals surface area contributed by atoms with Crippen LogP contribution >= 0.6 is 0 Å². The summed E-state index contributed by atoms with van der Waals surface area (Å²) in [4.78, 5) is 13.2. The summed E-state index contributed by atoms with van der Waals surface area (Å²) in [6, 6.07) is 17.8. The molecular formula is C24H22N2O3. The van der Waals surface area contributed by atoms with Gasteiger partial charge in [0.05, 0.1) is 13.0 Å². The van der Waals surface area contributed by atoms with Crippen LogP contribution in [0, 0.1) is 18.3 Å². The lowest BCUT2D eigenvalue weighted by Gasteiger charge is -2.34. The molecule has 1 heterocycles. The normalized spacial score (nSPS) is 21.3. The van der Waals surface area contributed by atoms with E-state index in [-0.39, 0.29) is 23.2 Å². The third kappa shape index (κ3) is 3.27. The molecule has 1 aliphatic heterocycles. The van der Waals surface area contributed by atoms with Crippen molar-refractivity contribution in [3.8, 4) is 11.8 Å². The molecule has 2 aromatic carbocycles. The lowest BCUT2D eigenvalue weighted by atomic mass is 9.73. The summed E-state index contributed by atoms with van der Waals surface area (Å²) in [6.45, 7) is 1.93. The number of allylic oxidation sites excluding steroid dienone is 3. The van der Waals surface area contributed by atoms with Crippen molar-refractivity contribution in [2.75, 3.05) is 7.11 Å². The number of rotatable bonds is 3. The number of methoxy groups -OCH3 is 1. The van der Waals surface area contributed by atoms with Crippen molar-refractivity contribution in [2.24, 2.45) is 5.73 Å². The van der Waals surface area contributed by atoms with Crippen LogP contribution in [0.1, 0.15) is 41.4 Å². The number of Topliss-reactive ketones (excluding diaryl/α,β-unsaturated/α-hetero) is 1. The lowest BCUT2D eigenvalue weighted by Crippen LogP contribution is -2.29. The molecule has 0 aromatic heterocycles. The highest BCUT2D eigenvalue weighted by molar-refractivity contribution is 6.00. The van der Waals surface area contributed by atoms with Crippen LogP contribution in [0.5, 0.6) is 5.75 Å². The van der Waals surface area contributed by atoms with Crippen LogP contribution in [0.3, 0.4) is 0 Å². The summed E-state index contributed by atoms with van der Waals surface area (Å²) in [7, 11) is 1.62. The number of carbonyl (C=O) groups is 1. The number of hydrogen-bond donors (Lipinski definition) is 1. The van der Waals surface area contributed by atoms with Gasteiger partial charge >= 0.3 is 0 Å².